The smallest absolute Gasteiger partial charge is 0.334 e. The zero-order valence-corrected chi connectivity index (χ0v) is 36.1. The third-order valence-electron chi connectivity index (χ3n) is 10.4. The number of ether oxygens (including phenoxy) is 3. The average Bonchev–Trinajstić information content (AvgIpc) is 3.89. The first kappa shape index (κ1) is 42.8. The van der Waals surface area contributed by atoms with Gasteiger partial charge in [0.15, 0.2) is 23.1 Å². The minimum Gasteiger partial charge on any atom is -0.497 e. The number of carbonyl (C=O) groups is 1. The van der Waals surface area contributed by atoms with Gasteiger partial charge in [0.25, 0.3) is 13.9 Å². The molecular formula is C45H49N4O9PSi. The van der Waals surface area contributed by atoms with Gasteiger partial charge in [-0.2, -0.15) is 0 Å². The molecule has 0 radical (unpaired) electrons. The fourth-order valence-corrected chi connectivity index (χ4v) is 13.4. The normalized spacial score (nSPS) is 17.9. The molecule has 4 aromatic carbocycles. The van der Waals surface area contributed by atoms with Crippen molar-refractivity contribution in [3.63, 3.8) is 0 Å². The van der Waals surface area contributed by atoms with E-state index in [1.165, 1.54) is 26.9 Å². The van der Waals surface area contributed by atoms with Crippen molar-refractivity contribution < 1.29 is 37.0 Å². The number of nitrogens with one attached hydrogen (secondary N) is 1. The highest BCUT2D eigenvalue weighted by Gasteiger charge is 2.52. The van der Waals surface area contributed by atoms with Gasteiger partial charge >= 0.3 is 8.60 Å². The molecule has 0 aliphatic carbocycles. The number of H-pyrrole nitrogens is 1. The lowest BCUT2D eigenvalue weighted by Gasteiger charge is -2.43. The number of fused-ring (bicyclic) bond motifs is 1. The lowest BCUT2D eigenvalue weighted by molar-refractivity contribution is -0.0393. The van der Waals surface area contributed by atoms with Crippen molar-refractivity contribution in [3.05, 3.63) is 156 Å². The Labute approximate surface area is 351 Å². The lowest BCUT2D eigenvalue weighted by atomic mass is 9.99. The van der Waals surface area contributed by atoms with Crippen molar-refractivity contribution in [1.29, 1.82) is 0 Å². The zero-order valence-electron chi connectivity index (χ0n) is 34.2. The van der Waals surface area contributed by atoms with Crippen LogP contribution in [-0.4, -0.2) is 73.3 Å². The molecule has 1 N–H and O–H groups in total. The van der Waals surface area contributed by atoms with E-state index in [9.17, 15) is 9.59 Å². The van der Waals surface area contributed by atoms with Crippen LogP contribution in [0.2, 0.25) is 5.04 Å². The Balaban J connectivity index is 1.27. The molecule has 0 spiro atoms. The fourth-order valence-electron chi connectivity index (χ4n) is 7.57. The van der Waals surface area contributed by atoms with Gasteiger partial charge in [-0.05, 0) is 33.1 Å². The fraction of sp³-hybridized carbons (Fsp3) is 0.289. The number of imidazole rings is 1. The topological polar surface area (TPSA) is 145 Å². The molecule has 1 aliphatic rings. The van der Waals surface area contributed by atoms with Crippen LogP contribution in [0.3, 0.4) is 0 Å². The molecule has 5 atom stereocenters. The van der Waals surface area contributed by atoms with Crippen LogP contribution in [0, 0.1) is 0 Å². The van der Waals surface area contributed by atoms with E-state index in [0.717, 1.165) is 10.4 Å². The number of rotatable bonds is 18. The summed E-state index contributed by atoms with van der Waals surface area (Å²) in [6.45, 7) is 10.7. The molecule has 1 saturated heterocycles. The Morgan fingerprint density at radius 2 is 1.57 bits per heavy atom. The number of Topliss-reactive ketones (excluding diaryl/α,β-unsaturated/α-hetero) is 1. The molecule has 0 bridgehead atoms. The van der Waals surface area contributed by atoms with Gasteiger partial charge in [-0.15, -0.1) is 6.58 Å². The molecule has 3 heterocycles. The number of methoxy groups -OCH3 is 2. The summed E-state index contributed by atoms with van der Waals surface area (Å²) in [5.41, 5.74) is 1.08. The van der Waals surface area contributed by atoms with Crippen molar-refractivity contribution >= 4 is 44.2 Å². The van der Waals surface area contributed by atoms with E-state index in [-0.39, 0.29) is 41.5 Å². The zero-order chi connectivity index (χ0) is 42.3. The first-order valence-corrected chi connectivity index (χ1v) is 22.6. The van der Waals surface area contributed by atoms with Gasteiger partial charge in [-0.25, -0.2) is 9.97 Å². The highest BCUT2D eigenvalue weighted by molar-refractivity contribution is 7.41. The van der Waals surface area contributed by atoms with Gasteiger partial charge in [0.05, 0.1) is 46.2 Å². The number of hydrogen-bond donors (Lipinski definition) is 1. The quantitative estimate of drug-likeness (QED) is 0.0398. The second-order valence-electron chi connectivity index (χ2n) is 15.2. The van der Waals surface area contributed by atoms with Crippen LogP contribution in [0.4, 0.5) is 0 Å². The van der Waals surface area contributed by atoms with Crippen molar-refractivity contribution in [2.75, 3.05) is 27.4 Å². The Morgan fingerprint density at radius 3 is 2.15 bits per heavy atom. The highest BCUT2D eigenvalue weighted by atomic mass is 31.2. The lowest BCUT2D eigenvalue weighted by Crippen LogP contribution is -2.67. The van der Waals surface area contributed by atoms with E-state index in [0.29, 0.717) is 28.3 Å². The van der Waals surface area contributed by atoms with Crippen molar-refractivity contribution in [1.82, 2.24) is 19.5 Å². The molecule has 1 fully saturated rings. The van der Waals surface area contributed by atoms with Gasteiger partial charge in [0.1, 0.15) is 23.8 Å². The maximum Gasteiger partial charge on any atom is 0.334 e. The summed E-state index contributed by atoms with van der Waals surface area (Å²) < 4.78 is 46.8. The molecular weight excluding hydrogens is 800 g/mol. The number of aromatic nitrogens is 4. The molecule has 312 valence electrons. The van der Waals surface area contributed by atoms with Gasteiger partial charge in [-0.3, -0.25) is 18.7 Å². The molecule has 0 saturated carbocycles. The van der Waals surface area contributed by atoms with Crippen LogP contribution >= 0.6 is 8.60 Å². The predicted molar refractivity (Wildman–Crippen MR) is 232 cm³/mol. The Hall–Kier alpha value is -5.31. The summed E-state index contributed by atoms with van der Waals surface area (Å²) in [5.74, 6) is 0.629. The van der Waals surface area contributed by atoms with E-state index in [4.69, 9.17) is 32.2 Å². The maximum absolute atomic E-state index is 14.4. The summed E-state index contributed by atoms with van der Waals surface area (Å²) in [6.07, 6.45) is 1.50. The molecule has 6 aromatic rings. The second-order valence-corrected chi connectivity index (χ2v) is 20.6. The number of benzene rings is 4. The maximum atomic E-state index is 14.4. The highest BCUT2D eigenvalue weighted by Crippen LogP contribution is 2.50. The van der Waals surface area contributed by atoms with Crippen LogP contribution in [0.5, 0.6) is 11.5 Å². The molecule has 2 unspecified atom stereocenters. The molecule has 2 aromatic heterocycles. The van der Waals surface area contributed by atoms with Gasteiger partial charge < -0.3 is 32.7 Å². The third-order valence-corrected chi connectivity index (χ3v) is 16.6. The van der Waals surface area contributed by atoms with E-state index < -0.39 is 41.5 Å². The standard InChI is InChI=1S/C45H49N4O9PSi/c1-7-23-54-59(58-42(41(50)31-17-11-8-12-18-31)32-24-33(52-5)26-34(25-32)53-6)57-37-27-39(49-30-48-40-43(49)46-29-47-44(40)51)56-38(37)28-55-60(45(2,3)4,35-19-13-9-14-20-35)36-21-15-10-16-22-36/h7-22,24-26,29-30,37-39,42H,1,23,27-28H2,2-6H3,(H,46,47,51)/t37-,38+,39+,42?,59?/m0/s1. The first-order valence-electron chi connectivity index (χ1n) is 19.6. The van der Waals surface area contributed by atoms with E-state index in [2.05, 4.69) is 66.6 Å². The summed E-state index contributed by atoms with van der Waals surface area (Å²) in [4.78, 5) is 38.4. The molecule has 13 nitrogen and oxygen atoms in total. The summed E-state index contributed by atoms with van der Waals surface area (Å²) in [6, 6.07) is 34.7. The predicted octanol–water partition coefficient (Wildman–Crippen LogP) is 7.46. The molecule has 1 aliphatic heterocycles. The number of hydrogen-bond acceptors (Lipinski definition) is 11. The van der Waals surface area contributed by atoms with Gasteiger partial charge in [-0.1, -0.05) is 118 Å². The van der Waals surface area contributed by atoms with Crippen molar-refractivity contribution in [2.24, 2.45) is 0 Å². The largest absolute Gasteiger partial charge is 0.497 e. The number of aromatic amines is 1. The van der Waals surface area contributed by atoms with Crippen LogP contribution in [0.1, 0.15) is 55.4 Å². The molecule has 60 heavy (non-hydrogen) atoms. The van der Waals surface area contributed by atoms with E-state index in [1.807, 2.05) is 42.5 Å². The minimum atomic E-state index is -3.04. The van der Waals surface area contributed by atoms with Crippen LogP contribution in [0.25, 0.3) is 11.2 Å². The molecule has 7 rings (SSSR count). The SMILES string of the molecule is C=CCOP(OC(C(=O)c1ccccc1)c1cc(OC)cc(OC)c1)O[C@H]1C[C@H](n2cnc3c(=O)[nH]cnc32)O[C@@H]1CO[Si](c1ccccc1)(c1ccccc1)C(C)(C)C. The van der Waals surface area contributed by atoms with Crippen LogP contribution in [-0.2, 0) is 22.7 Å². The Morgan fingerprint density at radius 1 is 0.950 bits per heavy atom. The van der Waals surface area contributed by atoms with E-state index >= 15 is 0 Å². The number of nitrogens with zero attached hydrogens (tertiary/aromatic N) is 3. The first-order chi connectivity index (χ1) is 29.1. The van der Waals surface area contributed by atoms with Gasteiger partial charge in [0, 0.05) is 18.1 Å². The number of ketones is 1. The average molecular weight is 849 g/mol. The second kappa shape index (κ2) is 18.9. The van der Waals surface area contributed by atoms with Gasteiger partial charge in [0.2, 0.25) is 0 Å². The van der Waals surface area contributed by atoms with Crippen molar-refractivity contribution in [2.45, 2.75) is 56.8 Å². The molecule has 0 amide bonds. The summed E-state index contributed by atoms with van der Waals surface area (Å²) >= 11 is 0. The van der Waals surface area contributed by atoms with Crippen LogP contribution < -0.4 is 25.4 Å². The van der Waals surface area contributed by atoms with E-state index in [1.54, 1.807) is 53.1 Å². The number of carbonyl (C=O) groups excluding carboxylic acids is 1. The Kier molecular flexibility index (Phi) is 13.5. The van der Waals surface area contributed by atoms with Crippen LogP contribution in [0.15, 0.2) is 139 Å². The Bertz CT molecular complexity index is 2370. The van der Waals surface area contributed by atoms with Crippen molar-refractivity contribution in [3.8, 4) is 11.5 Å². The summed E-state index contributed by atoms with van der Waals surface area (Å²) in [5, 5.41) is 1.90. The molecule has 15 heteroatoms. The summed E-state index contributed by atoms with van der Waals surface area (Å²) in [7, 11) is -2.24. The minimum absolute atomic E-state index is 0.0679. The third kappa shape index (κ3) is 9.05. The monoisotopic (exact) mass is 848 g/mol.